The van der Waals surface area contributed by atoms with Crippen molar-refractivity contribution in [2.75, 3.05) is 17.9 Å². The van der Waals surface area contributed by atoms with Crippen molar-refractivity contribution in [1.29, 1.82) is 0 Å². The summed E-state index contributed by atoms with van der Waals surface area (Å²) in [6.07, 6.45) is 0. The minimum absolute atomic E-state index is 0.0791. The van der Waals surface area contributed by atoms with E-state index in [1.54, 1.807) is 55.5 Å². The van der Waals surface area contributed by atoms with Gasteiger partial charge in [-0.1, -0.05) is 53.6 Å². The molecule has 2 amide bonds. The number of benzene rings is 3. The Morgan fingerprint density at radius 1 is 0.946 bits per heavy atom. The van der Waals surface area contributed by atoms with Crippen molar-refractivity contribution in [2.45, 2.75) is 45.2 Å². The van der Waals surface area contributed by atoms with Gasteiger partial charge in [0.25, 0.3) is 10.0 Å². The number of sulfonamides is 1. The summed E-state index contributed by atoms with van der Waals surface area (Å²) in [7, 11) is -2.61. The highest BCUT2D eigenvalue weighted by Crippen LogP contribution is 2.29. The summed E-state index contributed by atoms with van der Waals surface area (Å²) in [6.45, 7) is 6.83. The molecule has 0 aliphatic heterocycles. The molecule has 0 aromatic heterocycles. The van der Waals surface area contributed by atoms with Gasteiger partial charge >= 0.3 is 0 Å². The first kappa shape index (κ1) is 28.2. The minimum Gasteiger partial charge on any atom is -0.357 e. The Morgan fingerprint density at radius 2 is 1.57 bits per heavy atom. The highest BCUT2D eigenvalue weighted by Gasteiger charge is 2.33. The third kappa shape index (κ3) is 6.50. The van der Waals surface area contributed by atoms with E-state index in [9.17, 15) is 18.0 Å². The van der Waals surface area contributed by atoms with Crippen LogP contribution in [0, 0.1) is 20.8 Å². The molecule has 9 heteroatoms. The first-order valence-corrected chi connectivity index (χ1v) is 13.7. The maximum Gasteiger partial charge on any atom is 0.264 e. The van der Waals surface area contributed by atoms with Crippen molar-refractivity contribution in [3.05, 3.63) is 94.0 Å². The summed E-state index contributed by atoms with van der Waals surface area (Å²) in [4.78, 5) is 27.8. The molecule has 1 N–H and O–H groups in total. The van der Waals surface area contributed by atoms with Crippen LogP contribution >= 0.6 is 11.6 Å². The van der Waals surface area contributed by atoms with Crippen LogP contribution in [0.25, 0.3) is 0 Å². The number of halogens is 1. The first-order valence-electron chi connectivity index (χ1n) is 11.9. The SMILES string of the molecule is CNC(=O)C(C)N(Cc1ccc(Cl)cc1)C(=O)CN(c1cccc(C)c1C)S(=O)(=O)c1ccc(C)cc1. The molecule has 37 heavy (non-hydrogen) atoms. The summed E-state index contributed by atoms with van der Waals surface area (Å²) >= 11 is 6.01. The number of carbonyl (C=O) groups is 2. The van der Waals surface area contributed by atoms with Crippen LogP contribution in [0.15, 0.2) is 71.6 Å². The van der Waals surface area contributed by atoms with E-state index < -0.39 is 28.5 Å². The summed E-state index contributed by atoms with van der Waals surface area (Å²) in [6, 6.07) is 17.9. The zero-order chi connectivity index (χ0) is 27.3. The normalized spacial score (nSPS) is 12.1. The van der Waals surface area contributed by atoms with Crippen LogP contribution < -0.4 is 9.62 Å². The third-order valence-electron chi connectivity index (χ3n) is 6.41. The minimum atomic E-state index is -4.10. The first-order chi connectivity index (χ1) is 17.4. The van der Waals surface area contributed by atoms with E-state index in [0.29, 0.717) is 10.7 Å². The van der Waals surface area contributed by atoms with Crippen LogP contribution in [0.3, 0.4) is 0 Å². The fourth-order valence-corrected chi connectivity index (χ4v) is 5.53. The van der Waals surface area contributed by atoms with Crippen LogP contribution in [-0.4, -0.2) is 44.8 Å². The molecule has 0 fully saturated rings. The molecule has 0 spiro atoms. The molecule has 3 aromatic rings. The Bertz CT molecular complexity index is 1370. The highest BCUT2D eigenvalue weighted by atomic mass is 35.5. The Morgan fingerprint density at radius 3 is 2.16 bits per heavy atom. The molecule has 1 unspecified atom stereocenters. The number of nitrogens with zero attached hydrogens (tertiary/aromatic N) is 2. The zero-order valence-corrected chi connectivity index (χ0v) is 23.2. The van der Waals surface area contributed by atoms with Gasteiger partial charge in [0.15, 0.2) is 0 Å². The largest absolute Gasteiger partial charge is 0.357 e. The predicted molar refractivity (Wildman–Crippen MR) is 147 cm³/mol. The van der Waals surface area contributed by atoms with Gasteiger partial charge in [-0.15, -0.1) is 0 Å². The van der Waals surface area contributed by atoms with Gasteiger partial charge in [0.05, 0.1) is 10.6 Å². The molecule has 0 saturated carbocycles. The molecule has 3 aromatic carbocycles. The highest BCUT2D eigenvalue weighted by molar-refractivity contribution is 7.92. The lowest BCUT2D eigenvalue weighted by molar-refractivity contribution is -0.139. The van der Waals surface area contributed by atoms with Gasteiger partial charge in [0.2, 0.25) is 11.8 Å². The van der Waals surface area contributed by atoms with E-state index >= 15 is 0 Å². The van der Waals surface area contributed by atoms with Crippen LogP contribution in [0.1, 0.15) is 29.2 Å². The van der Waals surface area contributed by atoms with Gasteiger partial charge in [-0.05, 0) is 74.7 Å². The topological polar surface area (TPSA) is 86.8 Å². The van der Waals surface area contributed by atoms with Crippen LogP contribution in [0.4, 0.5) is 5.69 Å². The summed E-state index contributed by atoms with van der Waals surface area (Å²) in [5.41, 5.74) is 3.73. The maximum atomic E-state index is 13.9. The lowest BCUT2D eigenvalue weighted by Crippen LogP contribution is -2.50. The molecule has 0 saturated heterocycles. The molecule has 3 rings (SSSR count). The molecule has 1 atom stereocenters. The molecular formula is C28H32ClN3O4S. The quantitative estimate of drug-likeness (QED) is 0.428. The molecule has 0 aliphatic carbocycles. The van der Waals surface area contributed by atoms with E-state index in [1.165, 1.54) is 24.1 Å². The predicted octanol–water partition coefficient (Wildman–Crippen LogP) is 4.62. The summed E-state index contributed by atoms with van der Waals surface area (Å²) < 4.78 is 28.9. The van der Waals surface area contributed by atoms with Gasteiger partial charge in [-0.2, -0.15) is 0 Å². The van der Waals surface area contributed by atoms with E-state index in [0.717, 1.165) is 26.6 Å². The van der Waals surface area contributed by atoms with Gasteiger partial charge in [-0.25, -0.2) is 8.42 Å². The van der Waals surface area contributed by atoms with Gasteiger partial charge in [-0.3, -0.25) is 13.9 Å². The van der Waals surface area contributed by atoms with E-state index in [1.807, 2.05) is 26.8 Å². The van der Waals surface area contributed by atoms with E-state index in [2.05, 4.69) is 5.32 Å². The van der Waals surface area contributed by atoms with E-state index in [-0.39, 0.29) is 17.3 Å². The molecule has 0 aliphatic rings. The number of carbonyl (C=O) groups excluding carboxylic acids is 2. The number of amides is 2. The molecular weight excluding hydrogens is 510 g/mol. The average molecular weight is 542 g/mol. The summed E-state index contributed by atoms with van der Waals surface area (Å²) in [5.74, 6) is -0.871. The summed E-state index contributed by atoms with van der Waals surface area (Å²) in [5, 5.41) is 3.12. The van der Waals surface area contributed by atoms with Gasteiger partial charge in [0, 0.05) is 18.6 Å². The third-order valence-corrected chi connectivity index (χ3v) is 8.44. The van der Waals surface area contributed by atoms with Gasteiger partial charge < -0.3 is 10.2 Å². The van der Waals surface area contributed by atoms with Crippen molar-refractivity contribution < 1.29 is 18.0 Å². The fourth-order valence-electron chi connectivity index (χ4n) is 3.93. The second-order valence-corrected chi connectivity index (χ2v) is 11.3. The van der Waals surface area contributed by atoms with Crippen LogP contribution in [0.5, 0.6) is 0 Å². The number of hydrogen-bond acceptors (Lipinski definition) is 4. The second-order valence-electron chi connectivity index (χ2n) is 8.98. The number of rotatable bonds is 9. The van der Waals surface area contributed by atoms with Crippen molar-refractivity contribution in [1.82, 2.24) is 10.2 Å². The Hall–Kier alpha value is -3.36. The number of likely N-dealkylation sites (N-methyl/N-ethyl adjacent to an activating group) is 1. The molecule has 0 heterocycles. The average Bonchev–Trinajstić information content (AvgIpc) is 2.88. The molecule has 0 bridgehead atoms. The standard InChI is InChI=1S/C28H32ClN3O4S/c1-19-9-15-25(16-10-19)37(35,36)32(26-8-6-7-20(2)21(26)3)18-27(33)31(22(4)28(34)30-5)17-23-11-13-24(29)14-12-23/h6-16,22H,17-18H2,1-5H3,(H,30,34). The number of aryl methyl sites for hydroxylation is 2. The second kappa shape index (κ2) is 11.8. The van der Waals surface area contributed by atoms with Crippen LogP contribution in [-0.2, 0) is 26.2 Å². The molecule has 0 radical (unpaired) electrons. The number of anilines is 1. The van der Waals surface area contributed by atoms with Crippen molar-refractivity contribution in [3.8, 4) is 0 Å². The Labute approximate surface area is 224 Å². The van der Waals surface area contributed by atoms with Crippen LogP contribution in [0.2, 0.25) is 5.02 Å². The fraction of sp³-hybridized carbons (Fsp3) is 0.286. The Kier molecular flexibility index (Phi) is 8.99. The zero-order valence-electron chi connectivity index (χ0n) is 21.7. The van der Waals surface area contributed by atoms with Gasteiger partial charge in [0.1, 0.15) is 12.6 Å². The number of hydrogen-bond donors (Lipinski definition) is 1. The maximum absolute atomic E-state index is 13.9. The lowest BCUT2D eigenvalue weighted by Gasteiger charge is -2.32. The number of nitrogens with one attached hydrogen (secondary N) is 1. The smallest absolute Gasteiger partial charge is 0.264 e. The molecule has 196 valence electrons. The Balaban J connectivity index is 2.07. The van der Waals surface area contributed by atoms with Crippen molar-refractivity contribution >= 4 is 39.1 Å². The lowest BCUT2D eigenvalue weighted by atomic mass is 10.1. The monoisotopic (exact) mass is 541 g/mol. The van der Waals surface area contributed by atoms with E-state index in [4.69, 9.17) is 11.6 Å². The van der Waals surface area contributed by atoms with Crippen molar-refractivity contribution in [3.63, 3.8) is 0 Å². The molecule has 7 nitrogen and oxygen atoms in total. The van der Waals surface area contributed by atoms with Crippen molar-refractivity contribution in [2.24, 2.45) is 0 Å².